The first-order valence-corrected chi connectivity index (χ1v) is 10.4. The zero-order valence-electron chi connectivity index (χ0n) is 17.3. The van der Waals surface area contributed by atoms with Gasteiger partial charge >= 0.3 is 0 Å². The normalized spacial score (nSPS) is 14.3. The number of anilines is 1. The van der Waals surface area contributed by atoms with Gasteiger partial charge in [0.1, 0.15) is 5.75 Å². The van der Waals surface area contributed by atoms with Gasteiger partial charge in [-0.1, -0.05) is 37.3 Å². The molecule has 4 heteroatoms. The van der Waals surface area contributed by atoms with E-state index in [0.717, 1.165) is 37.2 Å². The third-order valence-electron chi connectivity index (χ3n) is 5.60. The van der Waals surface area contributed by atoms with E-state index in [1.54, 1.807) is 0 Å². The fourth-order valence-corrected chi connectivity index (χ4v) is 3.77. The number of nitrogens with zero attached hydrogens (tertiary/aromatic N) is 1. The number of carbonyl (C=O) groups excluding carboxylic acids is 1. The molecular formula is C24H32N2O2. The predicted molar refractivity (Wildman–Crippen MR) is 115 cm³/mol. The van der Waals surface area contributed by atoms with Crippen molar-refractivity contribution in [3.05, 3.63) is 59.2 Å². The van der Waals surface area contributed by atoms with Crippen molar-refractivity contribution in [2.45, 2.75) is 52.6 Å². The monoisotopic (exact) mass is 380 g/mol. The maximum Gasteiger partial charge on any atom is 0.261 e. The molecule has 1 unspecified atom stereocenters. The quantitative estimate of drug-likeness (QED) is 0.689. The first-order valence-electron chi connectivity index (χ1n) is 10.4. The van der Waals surface area contributed by atoms with Crippen LogP contribution in [0, 0.1) is 13.8 Å². The van der Waals surface area contributed by atoms with Crippen LogP contribution in [0.1, 0.15) is 42.9 Å². The van der Waals surface area contributed by atoms with Crippen molar-refractivity contribution in [2.75, 3.05) is 24.5 Å². The molecule has 1 aliphatic heterocycles. The number of carbonyl (C=O) groups is 1. The van der Waals surface area contributed by atoms with Crippen LogP contribution in [0.5, 0.6) is 5.75 Å². The summed E-state index contributed by atoms with van der Waals surface area (Å²) in [6.45, 7) is 8.81. The molecule has 4 nitrogen and oxygen atoms in total. The maximum absolute atomic E-state index is 12.6. The van der Waals surface area contributed by atoms with Gasteiger partial charge in [-0.25, -0.2) is 0 Å². The van der Waals surface area contributed by atoms with Gasteiger partial charge in [-0.05, 0) is 68.4 Å². The second kappa shape index (κ2) is 9.63. The van der Waals surface area contributed by atoms with Gasteiger partial charge in [0, 0.05) is 25.3 Å². The molecule has 1 N–H and O–H groups in total. The minimum atomic E-state index is -0.448. The summed E-state index contributed by atoms with van der Waals surface area (Å²) in [5.74, 6) is 0.773. The number of ether oxygens (including phenoxy) is 1. The van der Waals surface area contributed by atoms with Crippen LogP contribution in [0.25, 0.3) is 0 Å². The van der Waals surface area contributed by atoms with E-state index in [1.807, 2.05) is 26.0 Å². The van der Waals surface area contributed by atoms with Crippen LogP contribution in [-0.2, 0) is 11.2 Å². The number of hydrogen-bond acceptors (Lipinski definition) is 3. The summed E-state index contributed by atoms with van der Waals surface area (Å²) in [5.41, 5.74) is 5.06. The molecule has 0 aromatic heterocycles. The summed E-state index contributed by atoms with van der Waals surface area (Å²) in [7, 11) is 0. The van der Waals surface area contributed by atoms with E-state index in [0.29, 0.717) is 13.0 Å². The van der Waals surface area contributed by atoms with Crippen LogP contribution in [0.2, 0.25) is 0 Å². The minimum Gasteiger partial charge on any atom is -0.480 e. The number of para-hydroxylation sites is 1. The van der Waals surface area contributed by atoms with Crippen molar-refractivity contribution in [3.63, 3.8) is 0 Å². The lowest BCUT2D eigenvalue weighted by Gasteiger charge is -2.31. The second-order valence-electron chi connectivity index (χ2n) is 7.58. The highest BCUT2D eigenvalue weighted by molar-refractivity contribution is 5.81. The Bertz CT molecular complexity index is 803. The summed E-state index contributed by atoms with van der Waals surface area (Å²) >= 11 is 0. The van der Waals surface area contributed by atoms with Gasteiger partial charge in [-0.15, -0.1) is 0 Å². The molecule has 1 amide bonds. The summed E-state index contributed by atoms with van der Waals surface area (Å²) in [6.07, 6.45) is 3.50. The first-order chi connectivity index (χ1) is 13.6. The van der Waals surface area contributed by atoms with E-state index in [9.17, 15) is 4.79 Å². The van der Waals surface area contributed by atoms with Crippen molar-refractivity contribution in [1.29, 1.82) is 0 Å². The standard InChI is InChI=1S/C24H32N2O2/c1-4-22(28-23-14-7-10-18(2)19(23)3)24(27)25-15-9-17-26-16-8-12-20-11-5-6-13-21(20)26/h5-7,10-11,13-14,22H,4,8-9,12,15-17H2,1-3H3,(H,25,27). The molecule has 1 atom stereocenters. The number of fused-ring (bicyclic) bond motifs is 1. The molecule has 2 aromatic rings. The summed E-state index contributed by atoms with van der Waals surface area (Å²) in [4.78, 5) is 15.0. The summed E-state index contributed by atoms with van der Waals surface area (Å²) < 4.78 is 6.01. The number of amides is 1. The Morgan fingerprint density at radius 3 is 2.82 bits per heavy atom. The molecule has 0 fully saturated rings. The number of benzene rings is 2. The van der Waals surface area contributed by atoms with Crippen LogP contribution in [0.3, 0.4) is 0 Å². The fourth-order valence-electron chi connectivity index (χ4n) is 3.77. The van der Waals surface area contributed by atoms with Gasteiger partial charge in [0.05, 0.1) is 0 Å². The lowest BCUT2D eigenvalue weighted by atomic mass is 10.0. The lowest BCUT2D eigenvalue weighted by molar-refractivity contribution is -0.128. The smallest absolute Gasteiger partial charge is 0.261 e. The Morgan fingerprint density at radius 1 is 1.18 bits per heavy atom. The third kappa shape index (κ3) is 4.86. The molecule has 3 rings (SSSR count). The Balaban J connectivity index is 1.48. The Hall–Kier alpha value is -2.49. The second-order valence-corrected chi connectivity index (χ2v) is 7.58. The predicted octanol–water partition coefficient (Wildman–Crippen LogP) is 4.42. The van der Waals surface area contributed by atoms with E-state index < -0.39 is 6.10 Å². The molecule has 150 valence electrons. The minimum absolute atomic E-state index is 0.0255. The van der Waals surface area contributed by atoms with Crippen LogP contribution >= 0.6 is 0 Å². The lowest BCUT2D eigenvalue weighted by Crippen LogP contribution is -2.39. The summed E-state index contributed by atoms with van der Waals surface area (Å²) in [5, 5.41) is 3.06. The van der Waals surface area contributed by atoms with Gasteiger partial charge in [-0.2, -0.15) is 0 Å². The van der Waals surface area contributed by atoms with Crippen molar-refractivity contribution in [2.24, 2.45) is 0 Å². The Labute approximate surface area is 168 Å². The Morgan fingerprint density at radius 2 is 2.00 bits per heavy atom. The summed E-state index contributed by atoms with van der Waals surface area (Å²) in [6, 6.07) is 14.6. The number of aryl methyl sites for hydroxylation is 2. The van der Waals surface area contributed by atoms with Crippen molar-refractivity contribution < 1.29 is 9.53 Å². The molecule has 0 radical (unpaired) electrons. The molecule has 0 spiro atoms. The van der Waals surface area contributed by atoms with E-state index in [2.05, 4.69) is 47.5 Å². The largest absolute Gasteiger partial charge is 0.480 e. The van der Waals surface area contributed by atoms with Crippen molar-refractivity contribution in [3.8, 4) is 5.75 Å². The first kappa shape index (κ1) is 20.2. The average Bonchev–Trinajstić information content (AvgIpc) is 2.72. The van der Waals surface area contributed by atoms with E-state index in [4.69, 9.17) is 4.74 Å². The number of nitrogens with one attached hydrogen (secondary N) is 1. The van der Waals surface area contributed by atoms with Crippen LogP contribution in [0.15, 0.2) is 42.5 Å². The van der Waals surface area contributed by atoms with Crippen molar-refractivity contribution >= 4 is 11.6 Å². The van der Waals surface area contributed by atoms with Crippen LogP contribution in [0.4, 0.5) is 5.69 Å². The molecule has 28 heavy (non-hydrogen) atoms. The van der Waals surface area contributed by atoms with Crippen LogP contribution in [-0.4, -0.2) is 31.6 Å². The molecule has 1 heterocycles. The number of rotatable bonds is 8. The maximum atomic E-state index is 12.6. The zero-order valence-corrected chi connectivity index (χ0v) is 17.3. The highest BCUT2D eigenvalue weighted by Gasteiger charge is 2.20. The van der Waals surface area contributed by atoms with Gasteiger partial charge < -0.3 is 15.0 Å². The molecular weight excluding hydrogens is 348 g/mol. The van der Waals surface area contributed by atoms with E-state index in [-0.39, 0.29) is 5.91 Å². The van der Waals surface area contributed by atoms with Gasteiger partial charge in [-0.3, -0.25) is 4.79 Å². The van der Waals surface area contributed by atoms with E-state index in [1.165, 1.54) is 23.2 Å². The zero-order chi connectivity index (χ0) is 19.9. The third-order valence-corrected chi connectivity index (χ3v) is 5.60. The molecule has 0 bridgehead atoms. The van der Waals surface area contributed by atoms with Crippen LogP contribution < -0.4 is 15.0 Å². The molecule has 0 saturated heterocycles. The molecule has 0 saturated carbocycles. The topological polar surface area (TPSA) is 41.6 Å². The highest BCUT2D eigenvalue weighted by atomic mass is 16.5. The fraction of sp³-hybridized carbons (Fsp3) is 0.458. The van der Waals surface area contributed by atoms with Gasteiger partial charge in [0.2, 0.25) is 0 Å². The molecule has 0 aliphatic carbocycles. The average molecular weight is 381 g/mol. The van der Waals surface area contributed by atoms with Gasteiger partial charge in [0.15, 0.2) is 6.10 Å². The van der Waals surface area contributed by atoms with E-state index >= 15 is 0 Å². The highest BCUT2D eigenvalue weighted by Crippen LogP contribution is 2.26. The Kier molecular flexibility index (Phi) is 6.96. The van der Waals surface area contributed by atoms with Gasteiger partial charge in [0.25, 0.3) is 5.91 Å². The molecule has 1 aliphatic rings. The van der Waals surface area contributed by atoms with Crippen molar-refractivity contribution in [1.82, 2.24) is 5.32 Å². The number of hydrogen-bond donors (Lipinski definition) is 1. The molecule has 2 aromatic carbocycles. The SMILES string of the molecule is CCC(Oc1cccc(C)c1C)C(=O)NCCCN1CCCc2ccccc21.